The third-order valence-electron chi connectivity index (χ3n) is 7.47. The Labute approximate surface area is 241 Å². The second kappa shape index (κ2) is 11.7. The summed E-state index contributed by atoms with van der Waals surface area (Å²) in [5, 5.41) is 1.22. The molecular formula is C33H33N3O4S. The third kappa shape index (κ3) is 6.39. The summed E-state index contributed by atoms with van der Waals surface area (Å²) in [6.07, 6.45) is 2.10. The molecule has 0 amide bonds. The monoisotopic (exact) mass is 567 g/mol. The Morgan fingerprint density at radius 1 is 0.805 bits per heavy atom. The Hall–Kier alpha value is -4.27. The van der Waals surface area contributed by atoms with Gasteiger partial charge >= 0.3 is 10.1 Å². The fourth-order valence-electron chi connectivity index (χ4n) is 5.12. The van der Waals surface area contributed by atoms with Gasteiger partial charge in [-0.05, 0) is 66.6 Å². The van der Waals surface area contributed by atoms with Crippen molar-refractivity contribution in [3.63, 3.8) is 0 Å². The van der Waals surface area contributed by atoms with Crippen LogP contribution in [0.4, 0.5) is 5.69 Å². The minimum atomic E-state index is -3.86. The lowest BCUT2D eigenvalue weighted by molar-refractivity contribution is 0.250. The molecule has 41 heavy (non-hydrogen) atoms. The van der Waals surface area contributed by atoms with E-state index in [0.29, 0.717) is 12.4 Å². The van der Waals surface area contributed by atoms with Gasteiger partial charge in [-0.25, -0.2) is 0 Å². The minimum Gasteiger partial charge on any atom is -0.489 e. The summed E-state index contributed by atoms with van der Waals surface area (Å²) >= 11 is 0. The number of piperazine rings is 1. The second-order valence-corrected chi connectivity index (χ2v) is 11.9. The molecule has 4 aromatic carbocycles. The highest BCUT2D eigenvalue weighted by molar-refractivity contribution is 7.87. The average Bonchev–Trinajstić information content (AvgIpc) is 3.39. The van der Waals surface area contributed by atoms with E-state index in [9.17, 15) is 8.42 Å². The predicted octanol–water partition coefficient (Wildman–Crippen LogP) is 6.15. The fraction of sp³-hybridized carbons (Fsp3) is 0.212. The molecule has 0 bridgehead atoms. The number of nitrogens with one attached hydrogen (secondary N) is 1. The standard InChI is InChI=1S/C33H33N3O4S/c1-25-7-14-31(15-8-25)41(37,38)40-29-11-9-28(10-12-29)36-19-17-35(18-20-36)23-27-22-34-33-21-30(13-16-32(27)33)39-24-26-5-3-2-4-6-26/h2-16,21-22,34H,17-20,23-24H2,1H3. The van der Waals surface area contributed by atoms with Gasteiger partial charge < -0.3 is 18.8 Å². The number of aromatic nitrogens is 1. The number of ether oxygens (including phenoxy) is 1. The largest absolute Gasteiger partial charge is 0.489 e. The number of rotatable bonds is 9. The third-order valence-corrected chi connectivity index (χ3v) is 8.73. The zero-order valence-corrected chi connectivity index (χ0v) is 23.8. The van der Waals surface area contributed by atoms with Crippen molar-refractivity contribution in [2.75, 3.05) is 31.1 Å². The molecule has 6 rings (SSSR count). The fourth-order valence-corrected chi connectivity index (χ4v) is 6.05. The van der Waals surface area contributed by atoms with Crippen LogP contribution in [-0.4, -0.2) is 44.5 Å². The van der Waals surface area contributed by atoms with Gasteiger partial charge in [0.25, 0.3) is 0 Å². The Balaban J connectivity index is 1.02. The van der Waals surface area contributed by atoms with Crippen LogP contribution < -0.4 is 13.8 Å². The molecule has 210 valence electrons. The summed E-state index contributed by atoms with van der Waals surface area (Å²) in [4.78, 5) is 8.34. The molecule has 1 N–H and O–H groups in total. The van der Waals surface area contributed by atoms with Crippen molar-refractivity contribution in [1.29, 1.82) is 0 Å². The van der Waals surface area contributed by atoms with Crippen LogP contribution >= 0.6 is 0 Å². The first-order valence-corrected chi connectivity index (χ1v) is 15.2. The SMILES string of the molecule is Cc1ccc(S(=O)(=O)Oc2ccc(N3CCN(Cc4c[nH]c5cc(OCc6ccccc6)ccc45)CC3)cc2)cc1. The quantitative estimate of drug-likeness (QED) is 0.216. The van der Waals surface area contributed by atoms with E-state index in [-0.39, 0.29) is 4.90 Å². The van der Waals surface area contributed by atoms with Crippen LogP contribution in [0.1, 0.15) is 16.7 Å². The highest BCUT2D eigenvalue weighted by Crippen LogP contribution is 2.27. The van der Waals surface area contributed by atoms with E-state index in [4.69, 9.17) is 8.92 Å². The Morgan fingerprint density at radius 2 is 1.51 bits per heavy atom. The van der Waals surface area contributed by atoms with Crippen molar-refractivity contribution in [2.24, 2.45) is 0 Å². The molecule has 0 spiro atoms. The van der Waals surface area contributed by atoms with Gasteiger partial charge in [0.2, 0.25) is 0 Å². The smallest absolute Gasteiger partial charge is 0.339 e. The van der Waals surface area contributed by atoms with Gasteiger partial charge in [-0.15, -0.1) is 0 Å². The number of hydrogen-bond acceptors (Lipinski definition) is 6. The Bertz CT molecular complexity index is 1710. The van der Waals surface area contributed by atoms with Crippen LogP contribution in [0.2, 0.25) is 0 Å². The molecule has 1 aliphatic heterocycles. The highest BCUT2D eigenvalue weighted by atomic mass is 32.2. The van der Waals surface area contributed by atoms with Gasteiger partial charge in [-0.1, -0.05) is 48.0 Å². The van der Waals surface area contributed by atoms with Crippen LogP contribution in [0.15, 0.2) is 108 Å². The lowest BCUT2D eigenvalue weighted by atomic mass is 10.1. The van der Waals surface area contributed by atoms with Crippen molar-refractivity contribution in [1.82, 2.24) is 9.88 Å². The molecule has 7 nitrogen and oxygen atoms in total. The van der Waals surface area contributed by atoms with Gasteiger partial charge in [0.05, 0.1) is 0 Å². The molecule has 0 atom stereocenters. The summed E-state index contributed by atoms with van der Waals surface area (Å²) in [5.74, 6) is 1.16. The lowest BCUT2D eigenvalue weighted by Gasteiger charge is -2.36. The molecule has 2 heterocycles. The van der Waals surface area contributed by atoms with E-state index in [1.165, 1.54) is 10.9 Å². The minimum absolute atomic E-state index is 0.148. The zero-order chi connectivity index (χ0) is 28.2. The number of hydrogen-bond donors (Lipinski definition) is 1. The number of aryl methyl sites for hydroxylation is 1. The van der Waals surface area contributed by atoms with Crippen LogP contribution in [0.25, 0.3) is 10.9 Å². The normalized spacial score (nSPS) is 14.3. The molecule has 0 aliphatic carbocycles. The van der Waals surface area contributed by atoms with Crippen LogP contribution in [0.5, 0.6) is 11.5 Å². The number of aromatic amines is 1. The van der Waals surface area contributed by atoms with Crippen molar-refractivity contribution >= 4 is 26.7 Å². The summed E-state index contributed by atoms with van der Waals surface area (Å²) in [6, 6.07) is 30.4. The van der Waals surface area contributed by atoms with Crippen molar-refractivity contribution in [3.8, 4) is 11.5 Å². The van der Waals surface area contributed by atoms with Gasteiger partial charge in [-0.2, -0.15) is 8.42 Å². The zero-order valence-electron chi connectivity index (χ0n) is 23.0. The maximum Gasteiger partial charge on any atom is 0.339 e. The van der Waals surface area contributed by atoms with Crippen molar-refractivity contribution in [3.05, 3.63) is 120 Å². The second-order valence-electron chi connectivity index (χ2n) is 10.4. The summed E-state index contributed by atoms with van der Waals surface area (Å²) in [6.45, 7) is 6.99. The maximum atomic E-state index is 12.6. The van der Waals surface area contributed by atoms with E-state index in [2.05, 4.69) is 45.2 Å². The average molecular weight is 568 g/mol. The lowest BCUT2D eigenvalue weighted by Crippen LogP contribution is -2.45. The molecule has 0 radical (unpaired) electrons. The topological polar surface area (TPSA) is 74.9 Å². The molecule has 1 fully saturated rings. The first-order valence-electron chi connectivity index (χ1n) is 13.8. The molecular weight excluding hydrogens is 534 g/mol. The number of anilines is 1. The number of benzene rings is 4. The van der Waals surface area contributed by atoms with Gasteiger partial charge in [0.15, 0.2) is 0 Å². The van der Waals surface area contributed by atoms with Crippen LogP contribution in [0.3, 0.4) is 0 Å². The van der Waals surface area contributed by atoms with Crippen LogP contribution in [-0.2, 0) is 23.3 Å². The molecule has 1 saturated heterocycles. The number of H-pyrrole nitrogens is 1. The van der Waals surface area contributed by atoms with Crippen LogP contribution in [0, 0.1) is 6.92 Å². The van der Waals surface area contributed by atoms with E-state index in [1.54, 1.807) is 36.4 Å². The summed E-state index contributed by atoms with van der Waals surface area (Å²) in [5.41, 5.74) is 5.55. The van der Waals surface area contributed by atoms with Gasteiger partial charge in [0.1, 0.15) is 23.0 Å². The Morgan fingerprint density at radius 3 is 2.24 bits per heavy atom. The van der Waals surface area contributed by atoms with E-state index < -0.39 is 10.1 Å². The van der Waals surface area contributed by atoms with E-state index >= 15 is 0 Å². The molecule has 0 unspecified atom stereocenters. The molecule has 1 aromatic heterocycles. The first kappa shape index (κ1) is 26.9. The molecule has 8 heteroatoms. The highest BCUT2D eigenvalue weighted by Gasteiger charge is 2.20. The maximum absolute atomic E-state index is 12.6. The number of fused-ring (bicyclic) bond motifs is 1. The summed E-state index contributed by atoms with van der Waals surface area (Å²) < 4.78 is 36.6. The Kier molecular flexibility index (Phi) is 7.67. The number of nitrogens with zero attached hydrogens (tertiary/aromatic N) is 2. The molecule has 1 aliphatic rings. The van der Waals surface area contributed by atoms with Gasteiger partial charge in [-0.3, -0.25) is 4.90 Å². The first-order chi connectivity index (χ1) is 19.9. The summed E-state index contributed by atoms with van der Waals surface area (Å²) in [7, 11) is -3.86. The van der Waals surface area contributed by atoms with Crippen molar-refractivity contribution in [2.45, 2.75) is 25.0 Å². The predicted molar refractivity (Wildman–Crippen MR) is 162 cm³/mol. The molecule has 5 aromatic rings. The molecule has 0 saturated carbocycles. The van der Waals surface area contributed by atoms with E-state index in [0.717, 1.165) is 60.8 Å². The van der Waals surface area contributed by atoms with Gasteiger partial charge in [0, 0.05) is 61.6 Å². The van der Waals surface area contributed by atoms with Crippen molar-refractivity contribution < 1.29 is 17.3 Å². The van der Waals surface area contributed by atoms with E-state index in [1.807, 2.05) is 43.3 Å².